The molecule has 0 rings (SSSR count). The zero-order chi connectivity index (χ0) is 19.5. The minimum absolute atomic E-state index is 0.0725. The van der Waals surface area contributed by atoms with E-state index in [4.69, 9.17) is 5.73 Å². The summed E-state index contributed by atoms with van der Waals surface area (Å²) in [6.07, 6.45) is 15.6. The standard InChI is InChI=1S/C23H44N2/c1-9-11-12-13-21(4)18-25(17-16-24)23(7,8)19-22(5,6)15-14-20(3)10-2/h10,13,16-17H,9,11-12,14-15,18-19,24H2,1-8H3/b17-16-,20-10+,21-13-. The van der Waals surface area contributed by atoms with Gasteiger partial charge in [-0.3, -0.25) is 0 Å². The van der Waals surface area contributed by atoms with Crippen LogP contribution >= 0.6 is 0 Å². The van der Waals surface area contributed by atoms with Crippen LogP contribution in [0.25, 0.3) is 0 Å². The van der Waals surface area contributed by atoms with Crippen molar-refractivity contribution in [2.45, 2.75) is 99.5 Å². The Balaban J connectivity index is 5.01. The van der Waals surface area contributed by atoms with Gasteiger partial charge in [-0.1, -0.05) is 56.9 Å². The summed E-state index contributed by atoms with van der Waals surface area (Å²) in [6.45, 7) is 19.3. The van der Waals surface area contributed by atoms with E-state index in [0.29, 0.717) is 5.41 Å². The van der Waals surface area contributed by atoms with Crippen molar-refractivity contribution in [2.24, 2.45) is 11.1 Å². The van der Waals surface area contributed by atoms with Gasteiger partial charge in [0, 0.05) is 24.5 Å². The zero-order valence-corrected chi connectivity index (χ0v) is 18.3. The predicted molar refractivity (Wildman–Crippen MR) is 114 cm³/mol. The molecule has 0 atom stereocenters. The summed E-state index contributed by atoms with van der Waals surface area (Å²) >= 11 is 0. The molecular weight excluding hydrogens is 304 g/mol. The van der Waals surface area contributed by atoms with Crippen LogP contribution < -0.4 is 5.73 Å². The Hall–Kier alpha value is -1.18. The molecule has 0 spiro atoms. The van der Waals surface area contributed by atoms with Crippen molar-refractivity contribution in [1.29, 1.82) is 0 Å². The van der Waals surface area contributed by atoms with Gasteiger partial charge in [-0.2, -0.15) is 0 Å². The van der Waals surface area contributed by atoms with Crippen LogP contribution in [0.15, 0.2) is 35.7 Å². The molecule has 2 nitrogen and oxygen atoms in total. The molecule has 146 valence electrons. The first kappa shape index (κ1) is 23.8. The molecule has 0 saturated carbocycles. The highest BCUT2D eigenvalue weighted by atomic mass is 15.2. The van der Waals surface area contributed by atoms with Crippen molar-refractivity contribution in [2.75, 3.05) is 6.54 Å². The highest BCUT2D eigenvalue weighted by molar-refractivity contribution is 5.06. The van der Waals surface area contributed by atoms with Gasteiger partial charge in [0.1, 0.15) is 0 Å². The van der Waals surface area contributed by atoms with Gasteiger partial charge in [0.2, 0.25) is 0 Å². The van der Waals surface area contributed by atoms with Crippen LogP contribution in [0, 0.1) is 5.41 Å². The van der Waals surface area contributed by atoms with E-state index in [2.05, 4.69) is 78.6 Å². The summed E-state index contributed by atoms with van der Waals surface area (Å²) in [5, 5.41) is 0. The van der Waals surface area contributed by atoms with E-state index in [0.717, 1.165) is 13.0 Å². The molecule has 0 aromatic heterocycles. The Morgan fingerprint density at radius 2 is 1.72 bits per heavy atom. The topological polar surface area (TPSA) is 29.3 Å². The van der Waals surface area contributed by atoms with E-state index in [1.54, 1.807) is 6.20 Å². The number of unbranched alkanes of at least 4 members (excludes halogenated alkanes) is 2. The average molecular weight is 349 g/mol. The van der Waals surface area contributed by atoms with Gasteiger partial charge >= 0.3 is 0 Å². The van der Waals surface area contributed by atoms with E-state index in [-0.39, 0.29) is 5.54 Å². The van der Waals surface area contributed by atoms with Crippen molar-refractivity contribution < 1.29 is 0 Å². The lowest BCUT2D eigenvalue weighted by atomic mass is 9.75. The molecule has 0 saturated heterocycles. The highest BCUT2D eigenvalue weighted by Crippen LogP contribution is 2.36. The first-order valence-electron chi connectivity index (χ1n) is 10.0. The summed E-state index contributed by atoms with van der Waals surface area (Å²) in [5.41, 5.74) is 9.04. The number of hydrogen-bond donors (Lipinski definition) is 1. The summed E-state index contributed by atoms with van der Waals surface area (Å²) in [5.74, 6) is 0. The Labute approximate surface area is 158 Å². The maximum absolute atomic E-state index is 5.75. The van der Waals surface area contributed by atoms with Crippen molar-refractivity contribution in [3.8, 4) is 0 Å². The van der Waals surface area contributed by atoms with Gasteiger partial charge in [-0.05, 0) is 65.7 Å². The first-order valence-corrected chi connectivity index (χ1v) is 10.0. The summed E-state index contributed by atoms with van der Waals surface area (Å²) in [6, 6.07) is 0. The van der Waals surface area contributed by atoms with Gasteiger partial charge in [0.25, 0.3) is 0 Å². The number of allylic oxidation sites excluding steroid dienone is 3. The van der Waals surface area contributed by atoms with Crippen LogP contribution in [0.5, 0.6) is 0 Å². The fourth-order valence-corrected chi connectivity index (χ4v) is 3.50. The second kappa shape index (κ2) is 11.4. The number of rotatable bonds is 12. The Morgan fingerprint density at radius 3 is 2.24 bits per heavy atom. The molecule has 0 aliphatic rings. The normalized spacial score (nSPS) is 14.4. The molecule has 0 aromatic carbocycles. The lowest BCUT2D eigenvalue weighted by Gasteiger charge is -2.43. The quantitative estimate of drug-likeness (QED) is 0.310. The van der Waals surface area contributed by atoms with E-state index < -0.39 is 0 Å². The van der Waals surface area contributed by atoms with Gasteiger partial charge in [0.05, 0.1) is 0 Å². The summed E-state index contributed by atoms with van der Waals surface area (Å²) < 4.78 is 0. The molecular formula is C23H44N2. The lowest BCUT2D eigenvalue weighted by molar-refractivity contribution is 0.118. The first-order chi connectivity index (χ1) is 11.6. The fraction of sp³-hybridized carbons (Fsp3) is 0.739. The number of hydrogen-bond acceptors (Lipinski definition) is 2. The monoisotopic (exact) mass is 348 g/mol. The SMILES string of the molecule is C/C=C(\C)CCC(C)(C)CC(C)(C)N(/C=C\N)C/C(C)=C\CCCC. The molecule has 2 N–H and O–H groups in total. The number of nitrogens with zero attached hydrogens (tertiary/aromatic N) is 1. The average Bonchev–Trinajstić information content (AvgIpc) is 2.51. The van der Waals surface area contributed by atoms with Crippen molar-refractivity contribution in [1.82, 2.24) is 4.90 Å². The van der Waals surface area contributed by atoms with E-state index in [1.165, 1.54) is 43.3 Å². The third kappa shape index (κ3) is 10.4. The highest BCUT2D eigenvalue weighted by Gasteiger charge is 2.32. The summed E-state index contributed by atoms with van der Waals surface area (Å²) in [7, 11) is 0. The molecule has 0 unspecified atom stereocenters. The largest absolute Gasteiger partial charge is 0.403 e. The molecule has 0 aromatic rings. The smallest absolute Gasteiger partial charge is 0.0386 e. The van der Waals surface area contributed by atoms with Crippen LogP contribution in [-0.4, -0.2) is 17.0 Å². The summed E-state index contributed by atoms with van der Waals surface area (Å²) in [4.78, 5) is 2.41. The van der Waals surface area contributed by atoms with Crippen molar-refractivity contribution in [3.05, 3.63) is 35.7 Å². The van der Waals surface area contributed by atoms with Crippen LogP contribution in [-0.2, 0) is 0 Å². The number of nitrogens with two attached hydrogens (primary N) is 1. The molecule has 0 aliphatic carbocycles. The van der Waals surface area contributed by atoms with E-state index in [1.807, 2.05) is 0 Å². The maximum atomic E-state index is 5.75. The van der Waals surface area contributed by atoms with Crippen LogP contribution in [0.3, 0.4) is 0 Å². The second-order valence-electron chi connectivity index (χ2n) is 8.95. The lowest BCUT2D eigenvalue weighted by Crippen LogP contribution is -2.44. The predicted octanol–water partition coefficient (Wildman–Crippen LogP) is 6.80. The molecule has 0 bridgehead atoms. The van der Waals surface area contributed by atoms with E-state index >= 15 is 0 Å². The maximum Gasteiger partial charge on any atom is 0.0386 e. The van der Waals surface area contributed by atoms with Crippen LogP contribution in [0.1, 0.15) is 93.9 Å². The molecule has 0 fully saturated rings. The minimum atomic E-state index is 0.0725. The zero-order valence-electron chi connectivity index (χ0n) is 18.3. The van der Waals surface area contributed by atoms with Gasteiger partial charge in [-0.15, -0.1) is 0 Å². The molecule has 0 heterocycles. The molecule has 25 heavy (non-hydrogen) atoms. The van der Waals surface area contributed by atoms with E-state index in [9.17, 15) is 0 Å². The Morgan fingerprint density at radius 1 is 1.08 bits per heavy atom. The van der Waals surface area contributed by atoms with Gasteiger partial charge in [-0.25, -0.2) is 0 Å². The third-order valence-electron chi connectivity index (χ3n) is 5.11. The minimum Gasteiger partial charge on any atom is -0.403 e. The van der Waals surface area contributed by atoms with Gasteiger partial charge < -0.3 is 10.6 Å². The van der Waals surface area contributed by atoms with Crippen molar-refractivity contribution in [3.63, 3.8) is 0 Å². The van der Waals surface area contributed by atoms with Crippen LogP contribution in [0.4, 0.5) is 0 Å². The fourth-order valence-electron chi connectivity index (χ4n) is 3.50. The molecule has 0 amide bonds. The molecule has 0 aliphatic heterocycles. The Kier molecular flexibility index (Phi) is 10.9. The third-order valence-corrected chi connectivity index (χ3v) is 5.11. The van der Waals surface area contributed by atoms with Gasteiger partial charge in [0.15, 0.2) is 0 Å². The van der Waals surface area contributed by atoms with Crippen LogP contribution in [0.2, 0.25) is 0 Å². The molecule has 0 radical (unpaired) electrons. The molecule has 2 heteroatoms. The Bertz CT molecular complexity index is 453. The van der Waals surface area contributed by atoms with Crippen molar-refractivity contribution >= 4 is 0 Å². The second-order valence-corrected chi connectivity index (χ2v) is 8.95.